The number of imidazole rings is 1. The van der Waals surface area contributed by atoms with Crippen molar-refractivity contribution in [3.63, 3.8) is 0 Å². The standard InChI is InChI=1S/C16H15N3O/c1-12-11-14(20-2)3-4-15(12)19-10-9-18-16(19)13-5-7-17-8-6-13/h3-11H,1-2H3. The lowest BCUT2D eigenvalue weighted by molar-refractivity contribution is 0.414. The minimum atomic E-state index is 0.858. The van der Waals surface area contributed by atoms with Crippen LogP contribution in [0.3, 0.4) is 0 Å². The third kappa shape index (κ3) is 2.16. The SMILES string of the molecule is COc1ccc(-n2ccnc2-c2ccncc2)c(C)c1. The highest BCUT2D eigenvalue weighted by molar-refractivity contribution is 5.59. The second-order valence-corrected chi connectivity index (χ2v) is 4.51. The number of pyridine rings is 1. The Labute approximate surface area is 117 Å². The first-order valence-electron chi connectivity index (χ1n) is 6.38. The molecule has 4 nitrogen and oxygen atoms in total. The van der Waals surface area contributed by atoms with Gasteiger partial charge in [-0.05, 0) is 42.8 Å². The highest BCUT2D eigenvalue weighted by Gasteiger charge is 2.09. The summed E-state index contributed by atoms with van der Waals surface area (Å²) in [6, 6.07) is 9.93. The van der Waals surface area contributed by atoms with Crippen molar-refractivity contribution in [3.05, 3.63) is 60.7 Å². The highest BCUT2D eigenvalue weighted by Crippen LogP contribution is 2.25. The molecule has 20 heavy (non-hydrogen) atoms. The van der Waals surface area contributed by atoms with E-state index in [1.807, 2.05) is 36.5 Å². The fourth-order valence-corrected chi connectivity index (χ4v) is 2.24. The Kier molecular flexibility index (Phi) is 3.21. The summed E-state index contributed by atoms with van der Waals surface area (Å²) in [4.78, 5) is 8.49. The van der Waals surface area contributed by atoms with Gasteiger partial charge in [0.2, 0.25) is 0 Å². The van der Waals surface area contributed by atoms with E-state index in [-0.39, 0.29) is 0 Å². The van der Waals surface area contributed by atoms with Crippen molar-refractivity contribution in [3.8, 4) is 22.8 Å². The van der Waals surface area contributed by atoms with Gasteiger partial charge < -0.3 is 4.74 Å². The van der Waals surface area contributed by atoms with Gasteiger partial charge >= 0.3 is 0 Å². The summed E-state index contributed by atoms with van der Waals surface area (Å²) in [7, 11) is 1.67. The van der Waals surface area contributed by atoms with Crippen LogP contribution >= 0.6 is 0 Å². The third-order valence-corrected chi connectivity index (χ3v) is 3.24. The number of nitrogens with zero attached hydrogens (tertiary/aromatic N) is 3. The van der Waals surface area contributed by atoms with E-state index < -0.39 is 0 Å². The average molecular weight is 265 g/mol. The first-order chi connectivity index (χ1) is 9.79. The summed E-state index contributed by atoms with van der Waals surface area (Å²) < 4.78 is 7.32. The van der Waals surface area contributed by atoms with Gasteiger partial charge in [0.15, 0.2) is 0 Å². The van der Waals surface area contributed by atoms with Gasteiger partial charge in [0.1, 0.15) is 11.6 Å². The van der Waals surface area contributed by atoms with Crippen molar-refractivity contribution in [1.29, 1.82) is 0 Å². The minimum absolute atomic E-state index is 0.858. The number of benzene rings is 1. The smallest absolute Gasteiger partial charge is 0.144 e. The molecule has 0 saturated carbocycles. The van der Waals surface area contributed by atoms with Gasteiger partial charge in [-0.2, -0.15) is 0 Å². The molecule has 0 unspecified atom stereocenters. The van der Waals surface area contributed by atoms with Crippen LogP contribution in [0.2, 0.25) is 0 Å². The normalized spacial score (nSPS) is 10.5. The molecular formula is C16H15N3O. The van der Waals surface area contributed by atoms with Gasteiger partial charge in [-0.25, -0.2) is 4.98 Å². The molecule has 0 amide bonds. The van der Waals surface area contributed by atoms with E-state index in [9.17, 15) is 0 Å². The predicted octanol–water partition coefficient (Wildman–Crippen LogP) is 3.25. The number of aromatic nitrogens is 3. The molecule has 0 saturated heterocycles. The molecule has 0 aliphatic heterocycles. The van der Waals surface area contributed by atoms with E-state index in [1.54, 1.807) is 25.7 Å². The van der Waals surface area contributed by atoms with Crippen molar-refractivity contribution in [2.45, 2.75) is 6.92 Å². The highest BCUT2D eigenvalue weighted by atomic mass is 16.5. The van der Waals surface area contributed by atoms with E-state index in [4.69, 9.17) is 4.74 Å². The molecule has 3 aromatic rings. The fraction of sp³-hybridized carbons (Fsp3) is 0.125. The van der Waals surface area contributed by atoms with Crippen molar-refractivity contribution >= 4 is 0 Å². The average Bonchev–Trinajstić information content (AvgIpc) is 2.97. The Balaban J connectivity index is 2.11. The zero-order chi connectivity index (χ0) is 13.9. The molecule has 1 aromatic carbocycles. The number of rotatable bonds is 3. The molecule has 100 valence electrons. The monoisotopic (exact) mass is 265 g/mol. The molecule has 0 aliphatic carbocycles. The maximum absolute atomic E-state index is 5.25. The zero-order valence-electron chi connectivity index (χ0n) is 11.4. The van der Waals surface area contributed by atoms with Gasteiger partial charge in [-0.15, -0.1) is 0 Å². The second-order valence-electron chi connectivity index (χ2n) is 4.51. The summed E-state index contributed by atoms with van der Waals surface area (Å²) in [5, 5.41) is 0. The first-order valence-corrected chi connectivity index (χ1v) is 6.38. The third-order valence-electron chi connectivity index (χ3n) is 3.24. The quantitative estimate of drug-likeness (QED) is 0.729. The molecule has 2 heterocycles. The number of hydrogen-bond donors (Lipinski definition) is 0. The molecule has 0 spiro atoms. The van der Waals surface area contributed by atoms with Gasteiger partial charge in [-0.1, -0.05) is 0 Å². The van der Waals surface area contributed by atoms with E-state index in [1.165, 1.54) is 0 Å². The van der Waals surface area contributed by atoms with Gasteiger partial charge in [0.05, 0.1) is 12.8 Å². The molecule has 2 aromatic heterocycles. The molecule has 0 radical (unpaired) electrons. The Bertz CT molecular complexity index is 720. The van der Waals surface area contributed by atoms with Crippen LogP contribution in [0.5, 0.6) is 5.75 Å². The van der Waals surface area contributed by atoms with Crippen molar-refractivity contribution in [1.82, 2.24) is 14.5 Å². The van der Waals surface area contributed by atoms with E-state index in [0.29, 0.717) is 0 Å². The maximum Gasteiger partial charge on any atom is 0.144 e. The fourth-order valence-electron chi connectivity index (χ4n) is 2.24. The van der Waals surface area contributed by atoms with Gasteiger partial charge in [0, 0.05) is 30.4 Å². The topological polar surface area (TPSA) is 39.9 Å². The largest absolute Gasteiger partial charge is 0.497 e. The predicted molar refractivity (Wildman–Crippen MR) is 78.1 cm³/mol. The van der Waals surface area contributed by atoms with E-state index >= 15 is 0 Å². The number of aryl methyl sites for hydroxylation is 1. The van der Waals surface area contributed by atoms with Crippen molar-refractivity contribution < 1.29 is 4.74 Å². The van der Waals surface area contributed by atoms with Gasteiger partial charge in [0.25, 0.3) is 0 Å². The second kappa shape index (κ2) is 5.17. The van der Waals surface area contributed by atoms with Crippen molar-refractivity contribution in [2.75, 3.05) is 7.11 Å². The Morgan fingerprint density at radius 3 is 2.55 bits per heavy atom. The van der Waals surface area contributed by atoms with Crippen molar-refractivity contribution in [2.24, 2.45) is 0 Å². The molecular weight excluding hydrogens is 250 g/mol. The molecule has 0 N–H and O–H groups in total. The van der Waals surface area contributed by atoms with Crippen LogP contribution in [0.25, 0.3) is 17.1 Å². The Morgan fingerprint density at radius 2 is 1.85 bits per heavy atom. The summed E-state index contributed by atoms with van der Waals surface area (Å²) >= 11 is 0. The van der Waals surface area contributed by atoms with Crippen LogP contribution < -0.4 is 4.74 Å². The lowest BCUT2D eigenvalue weighted by atomic mass is 10.1. The van der Waals surface area contributed by atoms with Crippen LogP contribution in [-0.2, 0) is 0 Å². The summed E-state index contributed by atoms with van der Waals surface area (Å²) in [5.74, 6) is 1.76. The zero-order valence-corrected chi connectivity index (χ0v) is 11.4. The molecule has 0 atom stereocenters. The Hall–Kier alpha value is -2.62. The van der Waals surface area contributed by atoms with Gasteiger partial charge in [-0.3, -0.25) is 9.55 Å². The lowest BCUT2D eigenvalue weighted by Gasteiger charge is -2.12. The van der Waals surface area contributed by atoms with E-state index in [2.05, 4.69) is 21.5 Å². The number of methoxy groups -OCH3 is 1. The summed E-state index contributed by atoms with van der Waals surface area (Å²) in [6.07, 6.45) is 7.31. The van der Waals surface area contributed by atoms with Crippen LogP contribution in [0.4, 0.5) is 0 Å². The molecule has 0 fully saturated rings. The van der Waals surface area contributed by atoms with Crippen LogP contribution in [0.1, 0.15) is 5.56 Å². The van der Waals surface area contributed by atoms with Crippen LogP contribution in [0.15, 0.2) is 55.1 Å². The summed E-state index contributed by atoms with van der Waals surface area (Å²) in [5.41, 5.74) is 3.27. The van der Waals surface area contributed by atoms with Crippen LogP contribution in [-0.4, -0.2) is 21.6 Å². The van der Waals surface area contributed by atoms with Crippen LogP contribution in [0, 0.1) is 6.92 Å². The van der Waals surface area contributed by atoms with E-state index in [0.717, 1.165) is 28.4 Å². The first kappa shape index (κ1) is 12.4. The summed E-state index contributed by atoms with van der Waals surface area (Å²) in [6.45, 7) is 2.06. The lowest BCUT2D eigenvalue weighted by Crippen LogP contribution is -1.99. The molecule has 4 heteroatoms. The number of hydrogen-bond acceptors (Lipinski definition) is 3. The maximum atomic E-state index is 5.25. The molecule has 0 bridgehead atoms. The molecule has 3 rings (SSSR count). The molecule has 0 aliphatic rings. The minimum Gasteiger partial charge on any atom is -0.497 e. The Morgan fingerprint density at radius 1 is 1.05 bits per heavy atom. The number of ether oxygens (including phenoxy) is 1.